The van der Waals surface area contributed by atoms with E-state index in [-0.39, 0.29) is 12.2 Å². The Morgan fingerprint density at radius 2 is 2.00 bits per heavy atom. The van der Waals surface area contributed by atoms with E-state index in [4.69, 9.17) is 16.3 Å². The third kappa shape index (κ3) is 2.97. The number of carbonyl (C=O) groups is 2. The highest BCUT2D eigenvalue weighted by Crippen LogP contribution is 2.25. The molecule has 0 radical (unpaired) electrons. The number of ketones is 1. The standard InChI is InChI=1S/C11H11ClO4/c1-15-10-4-3-7(5-8(10)12)9(13)6-11(14)16-2/h3-5H,6H2,1-2H3. The third-order valence-electron chi connectivity index (χ3n) is 2.01. The second-order valence-electron chi connectivity index (χ2n) is 3.03. The first-order valence-electron chi connectivity index (χ1n) is 4.52. The highest BCUT2D eigenvalue weighted by Gasteiger charge is 2.13. The van der Waals surface area contributed by atoms with Crippen molar-refractivity contribution in [3.8, 4) is 5.75 Å². The number of rotatable bonds is 4. The largest absolute Gasteiger partial charge is 0.495 e. The van der Waals surface area contributed by atoms with E-state index in [1.165, 1.54) is 20.3 Å². The molecule has 0 aliphatic carbocycles. The summed E-state index contributed by atoms with van der Waals surface area (Å²) in [5.41, 5.74) is 0.358. The smallest absolute Gasteiger partial charge is 0.313 e. The Morgan fingerprint density at radius 1 is 1.31 bits per heavy atom. The van der Waals surface area contributed by atoms with Gasteiger partial charge in [-0.1, -0.05) is 11.6 Å². The second-order valence-corrected chi connectivity index (χ2v) is 3.43. The second kappa shape index (κ2) is 5.51. The summed E-state index contributed by atoms with van der Waals surface area (Å²) >= 11 is 5.85. The van der Waals surface area contributed by atoms with Gasteiger partial charge in [-0.05, 0) is 18.2 Å². The van der Waals surface area contributed by atoms with Gasteiger partial charge in [-0.3, -0.25) is 9.59 Å². The molecule has 0 saturated carbocycles. The number of halogens is 1. The van der Waals surface area contributed by atoms with Gasteiger partial charge < -0.3 is 9.47 Å². The maximum Gasteiger partial charge on any atom is 0.313 e. The minimum atomic E-state index is -0.572. The predicted octanol–water partition coefficient (Wildman–Crippen LogP) is 2.09. The number of hydrogen-bond donors (Lipinski definition) is 0. The zero-order valence-electron chi connectivity index (χ0n) is 8.95. The SMILES string of the molecule is COC(=O)CC(=O)c1ccc(OC)c(Cl)c1. The number of benzene rings is 1. The van der Waals surface area contributed by atoms with Crippen molar-refractivity contribution in [2.24, 2.45) is 0 Å². The molecule has 0 aliphatic rings. The lowest BCUT2D eigenvalue weighted by atomic mass is 10.1. The Bertz CT molecular complexity index is 414. The van der Waals surface area contributed by atoms with Gasteiger partial charge in [0.05, 0.1) is 19.2 Å². The Kier molecular flexibility index (Phi) is 4.31. The first-order valence-corrected chi connectivity index (χ1v) is 4.90. The predicted molar refractivity (Wildman–Crippen MR) is 59.0 cm³/mol. The van der Waals surface area contributed by atoms with Crippen LogP contribution < -0.4 is 4.74 Å². The summed E-state index contributed by atoms with van der Waals surface area (Å²) < 4.78 is 9.35. The third-order valence-corrected chi connectivity index (χ3v) is 2.30. The van der Waals surface area contributed by atoms with Crippen LogP contribution in [0.15, 0.2) is 18.2 Å². The molecule has 4 nitrogen and oxygen atoms in total. The van der Waals surface area contributed by atoms with Crippen molar-refractivity contribution in [2.45, 2.75) is 6.42 Å². The summed E-state index contributed by atoms with van der Waals surface area (Å²) in [4.78, 5) is 22.5. The average Bonchev–Trinajstić information content (AvgIpc) is 2.28. The zero-order valence-corrected chi connectivity index (χ0v) is 9.71. The summed E-state index contributed by atoms with van der Waals surface area (Å²) in [6.45, 7) is 0. The van der Waals surface area contributed by atoms with Crippen LogP contribution >= 0.6 is 11.6 Å². The molecule has 86 valence electrons. The first-order chi connectivity index (χ1) is 7.58. The number of carbonyl (C=O) groups excluding carboxylic acids is 2. The maximum atomic E-state index is 11.6. The Morgan fingerprint density at radius 3 is 2.50 bits per heavy atom. The van der Waals surface area contributed by atoms with Crippen molar-refractivity contribution < 1.29 is 19.1 Å². The fourth-order valence-electron chi connectivity index (χ4n) is 1.15. The number of ether oxygens (including phenoxy) is 2. The van der Waals surface area contributed by atoms with E-state index in [0.29, 0.717) is 16.3 Å². The molecule has 0 atom stereocenters. The minimum absolute atomic E-state index is 0.293. The first kappa shape index (κ1) is 12.5. The molecule has 0 fully saturated rings. The summed E-state index contributed by atoms with van der Waals surface area (Å²) in [6.07, 6.45) is -0.293. The van der Waals surface area contributed by atoms with Crippen molar-refractivity contribution in [3.05, 3.63) is 28.8 Å². The Hall–Kier alpha value is -1.55. The van der Waals surface area contributed by atoms with Crippen LogP contribution in [0.2, 0.25) is 5.02 Å². The normalized spacial score (nSPS) is 9.69. The molecule has 0 unspecified atom stereocenters. The fourth-order valence-corrected chi connectivity index (χ4v) is 1.40. The van der Waals surface area contributed by atoms with E-state index in [1.807, 2.05) is 0 Å². The molecule has 0 aliphatic heterocycles. The molecule has 1 aromatic rings. The van der Waals surface area contributed by atoms with E-state index in [1.54, 1.807) is 12.1 Å². The maximum absolute atomic E-state index is 11.6. The molecule has 0 aromatic heterocycles. The summed E-state index contributed by atoms with van der Waals surface area (Å²) in [5.74, 6) is -0.426. The molecule has 0 N–H and O–H groups in total. The Balaban J connectivity index is 2.85. The fraction of sp³-hybridized carbons (Fsp3) is 0.273. The molecule has 1 rings (SSSR count). The monoisotopic (exact) mass is 242 g/mol. The quantitative estimate of drug-likeness (QED) is 0.461. The highest BCUT2D eigenvalue weighted by molar-refractivity contribution is 6.32. The molecule has 1 aromatic carbocycles. The van der Waals surface area contributed by atoms with Crippen LogP contribution in [0.3, 0.4) is 0 Å². The molecule has 0 spiro atoms. The van der Waals surface area contributed by atoms with Crippen LogP contribution in [0.4, 0.5) is 0 Å². The molecule has 0 heterocycles. The van der Waals surface area contributed by atoms with Gasteiger partial charge in [0.1, 0.15) is 12.2 Å². The van der Waals surface area contributed by atoms with Crippen LogP contribution in [0.25, 0.3) is 0 Å². The van der Waals surface area contributed by atoms with E-state index >= 15 is 0 Å². The van der Waals surface area contributed by atoms with Gasteiger partial charge in [-0.15, -0.1) is 0 Å². The van der Waals surface area contributed by atoms with Crippen LogP contribution in [0.1, 0.15) is 16.8 Å². The van der Waals surface area contributed by atoms with Gasteiger partial charge in [-0.25, -0.2) is 0 Å². The number of esters is 1. The van der Waals surface area contributed by atoms with Gasteiger partial charge in [-0.2, -0.15) is 0 Å². The van der Waals surface area contributed by atoms with Crippen molar-refractivity contribution >= 4 is 23.4 Å². The van der Waals surface area contributed by atoms with Crippen molar-refractivity contribution in [2.75, 3.05) is 14.2 Å². The lowest BCUT2D eigenvalue weighted by Gasteiger charge is -2.04. The van der Waals surface area contributed by atoms with E-state index in [2.05, 4.69) is 4.74 Å². The Labute approximate surface area is 98.1 Å². The van der Waals surface area contributed by atoms with E-state index in [9.17, 15) is 9.59 Å². The molecule has 0 bridgehead atoms. The molecule has 5 heteroatoms. The van der Waals surface area contributed by atoms with Gasteiger partial charge in [0.15, 0.2) is 5.78 Å². The van der Waals surface area contributed by atoms with Crippen molar-refractivity contribution in [1.29, 1.82) is 0 Å². The van der Waals surface area contributed by atoms with Gasteiger partial charge >= 0.3 is 5.97 Å². The molecule has 0 saturated heterocycles. The van der Waals surface area contributed by atoms with Crippen LogP contribution in [0.5, 0.6) is 5.75 Å². The van der Waals surface area contributed by atoms with Crippen LogP contribution in [-0.4, -0.2) is 26.0 Å². The average molecular weight is 243 g/mol. The molecular formula is C11H11ClO4. The van der Waals surface area contributed by atoms with Gasteiger partial charge in [0.25, 0.3) is 0 Å². The summed E-state index contributed by atoms with van der Waals surface area (Å²) in [5, 5.41) is 0.332. The highest BCUT2D eigenvalue weighted by atomic mass is 35.5. The number of hydrogen-bond acceptors (Lipinski definition) is 4. The summed E-state index contributed by atoms with van der Waals surface area (Å²) in [7, 11) is 2.72. The number of Topliss-reactive ketones (excluding diaryl/α,β-unsaturated/α-hetero) is 1. The van der Waals surface area contributed by atoms with E-state index in [0.717, 1.165) is 0 Å². The summed E-state index contributed by atoms with van der Waals surface area (Å²) in [6, 6.07) is 4.59. The molecular weight excluding hydrogens is 232 g/mol. The lowest BCUT2D eigenvalue weighted by molar-refractivity contribution is -0.139. The van der Waals surface area contributed by atoms with Crippen molar-refractivity contribution in [1.82, 2.24) is 0 Å². The topological polar surface area (TPSA) is 52.6 Å². The van der Waals surface area contributed by atoms with Crippen LogP contribution in [-0.2, 0) is 9.53 Å². The van der Waals surface area contributed by atoms with E-state index < -0.39 is 5.97 Å². The van der Waals surface area contributed by atoms with Gasteiger partial charge in [0, 0.05) is 5.56 Å². The molecule has 0 amide bonds. The van der Waals surface area contributed by atoms with Crippen molar-refractivity contribution in [3.63, 3.8) is 0 Å². The van der Waals surface area contributed by atoms with Crippen LogP contribution in [0, 0.1) is 0 Å². The van der Waals surface area contributed by atoms with Gasteiger partial charge in [0.2, 0.25) is 0 Å². The minimum Gasteiger partial charge on any atom is -0.495 e. The number of methoxy groups -OCH3 is 2. The zero-order chi connectivity index (χ0) is 12.1. The lowest BCUT2D eigenvalue weighted by Crippen LogP contribution is -2.09. The molecule has 16 heavy (non-hydrogen) atoms.